The molecule has 0 spiro atoms. The van der Waals surface area contributed by atoms with Gasteiger partial charge in [-0.25, -0.2) is 0 Å². The zero-order valence-corrected chi connectivity index (χ0v) is 38.8. The number of ether oxygens (including phenoxy) is 6. The first kappa shape index (κ1) is 57.4. The molecule has 0 aliphatic carbocycles. The summed E-state index contributed by atoms with van der Waals surface area (Å²) in [6, 6.07) is 0. The van der Waals surface area contributed by atoms with Crippen molar-refractivity contribution in [3.05, 3.63) is 12.2 Å². The van der Waals surface area contributed by atoms with Crippen LogP contribution >= 0.6 is 0 Å². The monoisotopic (exact) mass is 905 g/mol. The maximum Gasteiger partial charge on any atom is 0.306 e. The number of rotatable bonds is 38. The van der Waals surface area contributed by atoms with Crippen molar-refractivity contribution in [1.82, 2.24) is 0 Å². The molecule has 2 heterocycles. The molecular formula is C48H88O15. The number of esters is 2. The van der Waals surface area contributed by atoms with Crippen LogP contribution in [0, 0.1) is 0 Å². The molecule has 0 aromatic carbocycles. The Morgan fingerprint density at radius 1 is 0.492 bits per heavy atom. The van der Waals surface area contributed by atoms with Gasteiger partial charge in [0, 0.05) is 12.8 Å². The fourth-order valence-corrected chi connectivity index (χ4v) is 7.84. The third kappa shape index (κ3) is 25.1. The normalized spacial score (nSPS) is 26.9. The molecule has 4 unspecified atom stereocenters. The van der Waals surface area contributed by atoms with Gasteiger partial charge in [0.1, 0.15) is 55.4 Å². The minimum atomic E-state index is -1.76. The van der Waals surface area contributed by atoms with Crippen LogP contribution in [-0.4, -0.2) is 142 Å². The van der Waals surface area contributed by atoms with Gasteiger partial charge in [-0.05, 0) is 32.1 Å². The average molecular weight is 905 g/mol. The van der Waals surface area contributed by atoms with Crippen molar-refractivity contribution in [2.75, 3.05) is 26.4 Å². The van der Waals surface area contributed by atoms with Crippen LogP contribution in [0.4, 0.5) is 0 Å². The van der Waals surface area contributed by atoms with Gasteiger partial charge in [0.05, 0.1) is 19.8 Å². The van der Waals surface area contributed by atoms with Gasteiger partial charge in [-0.3, -0.25) is 9.59 Å². The molecule has 2 aliphatic rings. The summed E-state index contributed by atoms with van der Waals surface area (Å²) < 4.78 is 33.5. The Hall–Kier alpha value is -1.76. The minimum Gasteiger partial charge on any atom is -0.462 e. The van der Waals surface area contributed by atoms with Crippen molar-refractivity contribution in [2.24, 2.45) is 0 Å². The molecule has 2 saturated heterocycles. The second kappa shape index (κ2) is 36.4. The Morgan fingerprint density at radius 3 is 1.44 bits per heavy atom. The highest BCUT2D eigenvalue weighted by molar-refractivity contribution is 5.70. The number of carbonyl (C=O) groups is 2. The fraction of sp³-hybridized carbons (Fsp3) is 0.917. The second-order valence-electron chi connectivity index (χ2n) is 17.6. The van der Waals surface area contributed by atoms with Crippen molar-refractivity contribution in [3.8, 4) is 0 Å². The van der Waals surface area contributed by atoms with E-state index in [0.717, 1.165) is 38.5 Å². The Balaban J connectivity index is 1.82. The van der Waals surface area contributed by atoms with Gasteiger partial charge < -0.3 is 64.2 Å². The van der Waals surface area contributed by atoms with Crippen LogP contribution in [0.2, 0.25) is 0 Å². The number of aliphatic hydroxyl groups excluding tert-OH is 7. The van der Waals surface area contributed by atoms with Crippen molar-refractivity contribution in [2.45, 2.75) is 255 Å². The fourth-order valence-electron chi connectivity index (χ4n) is 7.84. The zero-order chi connectivity index (χ0) is 46.1. The smallest absolute Gasteiger partial charge is 0.306 e. The van der Waals surface area contributed by atoms with E-state index in [1.807, 2.05) is 0 Å². The zero-order valence-electron chi connectivity index (χ0n) is 38.8. The minimum absolute atomic E-state index is 0.170. The van der Waals surface area contributed by atoms with E-state index < -0.39 is 92.7 Å². The number of allylic oxidation sites excluding steroid dienone is 2. The molecule has 63 heavy (non-hydrogen) atoms. The van der Waals surface area contributed by atoms with Gasteiger partial charge in [0.2, 0.25) is 0 Å². The lowest BCUT2D eigenvalue weighted by atomic mass is 9.98. The van der Waals surface area contributed by atoms with Crippen LogP contribution in [-0.2, 0) is 38.0 Å². The molecule has 0 amide bonds. The Kier molecular flexibility index (Phi) is 33.1. The van der Waals surface area contributed by atoms with Crippen molar-refractivity contribution in [1.29, 1.82) is 0 Å². The molecule has 0 aromatic heterocycles. The summed E-state index contributed by atoms with van der Waals surface area (Å²) in [5.74, 6) is -0.920. The maximum absolute atomic E-state index is 12.9. The van der Waals surface area contributed by atoms with Gasteiger partial charge >= 0.3 is 11.9 Å². The molecular weight excluding hydrogens is 817 g/mol. The molecule has 11 atom stereocenters. The molecule has 2 rings (SSSR count). The van der Waals surface area contributed by atoms with Gasteiger partial charge in [0.25, 0.3) is 0 Å². The molecule has 0 saturated carbocycles. The molecule has 370 valence electrons. The molecule has 15 heteroatoms. The van der Waals surface area contributed by atoms with Gasteiger partial charge in [-0.2, -0.15) is 0 Å². The predicted molar refractivity (Wildman–Crippen MR) is 238 cm³/mol. The SMILES string of the molecule is CCCC/C=C/CCCCCCCCCCCC(=O)OC[C@H](CO[C@@H]1O[C@H](CO[C@@H]2O[C@H](CO)[C@H](O)C(O)C2O)[C@H](O)C(O)C1O)OC(=O)CCCCCCCCCCCCCC. The van der Waals surface area contributed by atoms with E-state index in [9.17, 15) is 45.3 Å². The van der Waals surface area contributed by atoms with Crippen LogP contribution < -0.4 is 0 Å². The van der Waals surface area contributed by atoms with E-state index in [2.05, 4.69) is 26.0 Å². The first-order chi connectivity index (χ1) is 30.5. The second-order valence-corrected chi connectivity index (χ2v) is 17.6. The molecule has 2 aliphatic heterocycles. The number of aliphatic hydroxyl groups is 7. The summed E-state index contributed by atoms with van der Waals surface area (Å²) in [6.45, 7) is 2.56. The maximum atomic E-state index is 12.9. The summed E-state index contributed by atoms with van der Waals surface area (Å²) in [5, 5.41) is 71.9. The summed E-state index contributed by atoms with van der Waals surface area (Å²) in [4.78, 5) is 25.7. The highest BCUT2D eigenvalue weighted by atomic mass is 16.7. The van der Waals surface area contributed by atoms with Gasteiger partial charge in [-0.1, -0.05) is 154 Å². The van der Waals surface area contributed by atoms with Crippen molar-refractivity contribution in [3.63, 3.8) is 0 Å². The van der Waals surface area contributed by atoms with Crippen LogP contribution in [0.3, 0.4) is 0 Å². The van der Waals surface area contributed by atoms with Crippen LogP contribution in [0.5, 0.6) is 0 Å². The Labute approximate surface area is 378 Å². The number of unbranched alkanes of at least 4 members (excludes halogenated alkanes) is 22. The lowest BCUT2D eigenvalue weighted by molar-refractivity contribution is -0.332. The first-order valence-corrected chi connectivity index (χ1v) is 24.8. The number of hydrogen-bond acceptors (Lipinski definition) is 15. The van der Waals surface area contributed by atoms with Crippen LogP contribution in [0.1, 0.15) is 187 Å². The molecule has 0 aromatic rings. The summed E-state index contributed by atoms with van der Waals surface area (Å²) in [6.07, 6.45) is 16.7. The van der Waals surface area contributed by atoms with E-state index in [4.69, 9.17) is 28.4 Å². The number of hydrogen-bond donors (Lipinski definition) is 7. The third-order valence-electron chi connectivity index (χ3n) is 12.0. The molecule has 2 fully saturated rings. The molecule has 0 radical (unpaired) electrons. The molecule has 15 nitrogen and oxygen atoms in total. The molecule has 7 N–H and O–H groups in total. The van der Waals surface area contributed by atoms with E-state index in [1.165, 1.54) is 109 Å². The van der Waals surface area contributed by atoms with E-state index >= 15 is 0 Å². The van der Waals surface area contributed by atoms with E-state index in [-0.39, 0.29) is 26.1 Å². The predicted octanol–water partition coefficient (Wildman–Crippen LogP) is 6.21. The van der Waals surface area contributed by atoms with E-state index in [1.54, 1.807) is 0 Å². The summed E-state index contributed by atoms with van der Waals surface area (Å²) >= 11 is 0. The Bertz CT molecular complexity index is 1160. The topological polar surface area (TPSA) is 231 Å². The summed E-state index contributed by atoms with van der Waals surface area (Å²) in [5.41, 5.74) is 0. The molecule has 0 bridgehead atoms. The van der Waals surface area contributed by atoms with Crippen LogP contribution in [0.25, 0.3) is 0 Å². The highest BCUT2D eigenvalue weighted by Gasteiger charge is 2.47. The van der Waals surface area contributed by atoms with Crippen molar-refractivity contribution >= 4 is 11.9 Å². The average Bonchev–Trinajstić information content (AvgIpc) is 3.28. The summed E-state index contributed by atoms with van der Waals surface area (Å²) in [7, 11) is 0. The Morgan fingerprint density at radius 2 is 0.921 bits per heavy atom. The largest absolute Gasteiger partial charge is 0.462 e. The lowest BCUT2D eigenvalue weighted by Crippen LogP contribution is -2.61. The third-order valence-corrected chi connectivity index (χ3v) is 12.0. The standard InChI is InChI=1S/C48H88O15/c1-3-5-7-9-11-13-15-17-18-19-21-22-24-26-28-30-39(50)58-33-36(61-40(51)31-29-27-25-23-20-16-14-12-10-8-6-4-2)34-59-47-46(57)44(55)42(53)38(63-47)35-60-48-45(56)43(54)41(52)37(32-49)62-48/h9,11,36-38,41-49,52-57H,3-8,10,12-35H2,1-2H3/b11-9+/t36-,37-,38-,41+,42+,43?,44?,45?,46?,47-,48-/m1/s1. The quantitative estimate of drug-likeness (QED) is 0.0208. The van der Waals surface area contributed by atoms with Crippen molar-refractivity contribution < 1.29 is 73.8 Å². The van der Waals surface area contributed by atoms with Gasteiger partial charge in [0.15, 0.2) is 18.7 Å². The highest BCUT2D eigenvalue weighted by Crippen LogP contribution is 2.26. The number of carbonyl (C=O) groups excluding carboxylic acids is 2. The van der Waals surface area contributed by atoms with Gasteiger partial charge in [-0.15, -0.1) is 0 Å². The first-order valence-electron chi connectivity index (χ1n) is 24.8. The lowest BCUT2D eigenvalue weighted by Gasteiger charge is -2.42. The van der Waals surface area contributed by atoms with E-state index in [0.29, 0.717) is 12.8 Å². The van der Waals surface area contributed by atoms with Crippen LogP contribution in [0.15, 0.2) is 12.2 Å².